The lowest BCUT2D eigenvalue weighted by atomic mass is 9.69. The monoisotopic (exact) mass is 269 g/mol. The van der Waals surface area contributed by atoms with E-state index in [4.69, 9.17) is 9.47 Å². The smallest absolute Gasteiger partial charge is 0.320 e. The van der Waals surface area contributed by atoms with Crippen molar-refractivity contribution in [3.05, 3.63) is 0 Å². The predicted molar refractivity (Wildman–Crippen MR) is 74.0 cm³/mol. The molecule has 0 radical (unpaired) electrons. The van der Waals surface area contributed by atoms with Gasteiger partial charge >= 0.3 is 5.97 Å². The maximum Gasteiger partial charge on any atom is 0.320 e. The summed E-state index contributed by atoms with van der Waals surface area (Å²) >= 11 is 0. The molecule has 2 heterocycles. The molecule has 4 heteroatoms. The molecule has 2 rings (SSSR count). The molecule has 2 aliphatic rings. The largest absolute Gasteiger partial charge is 0.465 e. The SMILES string of the molecule is CCOC(=O)CN1CCCC2(CCOC(C)(C)C2)C1. The van der Waals surface area contributed by atoms with Crippen LogP contribution in [-0.2, 0) is 14.3 Å². The Bertz CT molecular complexity index is 325. The van der Waals surface area contributed by atoms with Gasteiger partial charge in [0, 0.05) is 13.2 Å². The summed E-state index contributed by atoms with van der Waals surface area (Å²) in [5.41, 5.74) is 0.317. The van der Waals surface area contributed by atoms with Gasteiger partial charge < -0.3 is 9.47 Å². The van der Waals surface area contributed by atoms with E-state index in [1.807, 2.05) is 6.92 Å². The molecular weight excluding hydrogens is 242 g/mol. The number of esters is 1. The summed E-state index contributed by atoms with van der Waals surface area (Å²) in [5.74, 6) is -0.0918. The van der Waals surface area contributed by atoms with Crippen molar-refractivity contribution in [3.8, 4) is 0 Å². The van der Waals surface area contributed by atoms with Gasteiger partial charge in [-0.1, -0.05) is 0 Å². The Morgan fingerprint density at radius 2 is 2.16 bits per heavy atom. The minimum Gasteiger partial charge on any atom is -0.465 e. The average molecular weight is 269 g/mol. The maximum absolute atomic E-state index is 11.6. The van der Waals surface area contributed by atoms with Crippen molar-refractivity contribution in [2.24, 2.45) is 5.41 Å². The van der Waals surface area contributed by atoms with Crippen LogP contribution in [0.2, 0.25) is 0 Å². The van der Waals surface area contributed by atoms with Gasteiger partial charge in [-0.25, -0.2) is 0 Å². The third-order valence-corrected chi connectivity index (χ3v) is 4.32. The number of rotatable bonds is 3. The van der Waals surface area contributed by atoms with Crippen LogP contribution in [0, 0.1) is 5.41 Å². The van der Waals surface area contributed by atoms with Gasteiger partial charge in [0.15, 0.2) is 0 Å². The van der Waals surface area contributed by atoms with Gasteiger partial charge in [0.2, 0.25) is 0 Å². The molecule has 0 aromatic heterocycles. The fourth-order valence-corrected chi connectivity index (χ4v) is 3.77. The molecule has 4 nitrogen and oxygen atoms in total. The van der Waals surface area contributed by atoms with E-state index in [0.717, 1.165) is 32.5 Å². The highest BCUT2D eigenvalue weighted by Gasteiger charge is 2.43. The van der Waals surface area contributed by atoms with Gasteiger partial charge in [-0.05, 0) is 58.4 Å². The standard InChI is InChI=1S/C15H27NO3/c1-4-18-13(17)10-16-8-5-6-15(12-16)7-9-19-14(2,3)11-15/h4-12H2,1-3H3. The lowest BCUT2D eigenvalue weighted by Crippen LogP contribution is -2.51. The van der Waals surface area contributed by atoms with E-state index in [1.165, 1.54) is 12.8 Å². The van der Waals surface area contributed by atoms with Crippen molar-refractivity contribution in [3.63, 3.8) is 0 Å². The Morgan fingerprint density at radius 1 is 1.37 bits per heavy atom. The minimum atomic E-state index is -0.0918. The number of piperidine rings is 1. The van der Waals surface area contributed by atoms with Crippen LogP contribution >= 0.6 is 0 Å². The van der Waals surface area contributed by atoms with E-state index in [0.29, 0.717) is 18.6 Å². The lowest BCUT2D eigenvalue weighted by Gasteiger charge is -2.49. The highest BCUT2D eigenvalue weighted by atomic mass is 16.5. The van der Waals surface area contributed by atoms with Gasteiger partial charge in [-0.2, -0.15) is 0 Å². The highest BCUT2D eigenvalue weighted by molar-refractivity contribution is 5.71. The first-order valence-corrected chi connectivity index (χ1v) is 7.47. The van der Waals surface area contributed by atoms with E-state index in [1.54, 1.807) is 0 Å². The molecule has 110 valence electrons. The molecule has 1 atom stereocenters. The summed E-state index contributed by atoms with van der Waals surface area (Å²) in [6.07, 6.45) is 4.66. The number of carbonyl (C=O) groups is 1. The summed E-state index contributed by atoms with van der Waals surface area (Å²) in [6.45, 7) is 10.0. The topological polar surface area (TPSA) is 38.8 Å². The molecule has 0 aromatic rings. The lowest BCUT2D eigenvalue weighted by molar-refractivity contribution is -0.148. The van der Waals surface area contributed by atoms with E-state index in [2.05, 4.69) is 18.7 Å². The quantitative estimate of drug-likeness (QED) is 0.736. The molecule has 1 unspecified atom stereocenters. The molecule has 2 aliphatic heterocycles. The van der Waals surface area contributed by atoms with E-state index in [-0.39, 0.29) is 11.6 Å². The zero-order valence-corrected chi connectivity index (χ0v) is 12.5. The second-order valence-electron chi connectivity index (χ2n) is 6.65. The molecular formula is C15H27NO3. The molecule has 2 saturated heterocycles. The summed E-state index contributed by atoms with van der Waals surface area (Å²) in [6, 6.07) is 0. The van der Waals surface area contributed by atoms with E-state index >= 15 is 0 Å². The summed E-state index contributed by atoms with van der Waals surface area (Å²) in [7, 11) is 0. The average Bonchev–Trinajstić information content (AvgIpc) is 2.27. The highest BCUT2D eigenvalue weighted by Crippen LogP contribution is 2.44. The van der Waals surface area contributed by atoms with Crippen molar-refractivity contribution in [2.75, 3.05) is 32.8 Å². The van der Waals surface area contributed by atoms with E-state index in [9.17, 15) is 4.79 Å². The predicted octanol–water partition coefficient (Wildman–Crippen LogP) is 2.22. The Labute approximate surface area is 116 Å². The molecule has 0 aliphatic carbocycles. The van der Waals surface area contributed by atoms with Crippen molar-refractivity contribution < 1.29 is 14.3 Å². The van der Waals surface area contributed by atoms with Crippen LogP contribution in [0.4, 0.5) is 0 Å². The normalized spacial score (nSPS) is 31.3. The van der Waals surface area contributed by atoms with Crippen molar-refractivity contribution in [2.45, 2.75) is 52.1 Å². The number of hydrogen-bond acceptors (Lipinski definition) is 4. The van der Waals surface area contributed by atoms with Gasteiger partial charge in [0.25, 0.3) is 0 Å². The Hall–Kier alpha value is -0.610. The fourth-order valence-electron chi connectivity index (χ4n) is 3.77. The summed E-state index contributed by atoms with van der Waals surface area (Å²) in [5, 5.41) is 0. The number of hydrogen-bond donors (Lipinski definition) is 0. The first-order chi connectivity index (χ1) is 8.95. The zero-order valence-electron chi connectivity index (χ0n) is 12.5. The fraction of sp³-hybridized carbons (Fsp3) is 0.933. The van der Waals surface area contributed by atoms with Crippen LogP contribution in [0.1, 0.15) is 46.5 Å². The summed E-state index contributed by atoms with van der Waals surface area (Å²) in [4.78, 5) is 13.9. The molecule has 0 aromatic carbocycles. The number of carbonyl (C=O) groups excluding carboxylic acids is 1. The molecule has 0 saturated carbocycles. The van der Waals surface area contributed by atoms with Crippen LogP contribution in [-0.4, -0.2) is 49.3 Å². The van der Waals surface area contributed by atoms with Crippen LogP contribution in [0.3, 0.4) is 0 Å². The van der Waals surface area contributed by atoms with Gasteiger partial charge in [-0.3, -0.25) is 9.69 Å². The molecule has 1 spiro atoms. The van der Waals surface area contributed by atoms with E-state index < -0.39 is 0 Å². The third-order valence-electron chi connectivity index (χ3n) is 4.32. The Morgan fingerprint density at radius 3 is 2.84 bits per heavy atom. The van der Waals surface area contributed by atoms with Crippen molar-refractivity contribution >= 4 is 5.97 Å². The van der Waals surface area contributed by atoms with Crippen LogP contribution in [0.5, 0.6) is 0 Å². The molecule has 19 heavy (non-hydrogen) atoms. The van der Waals surface area contributed by atoms with Gasteiger partial charge in [0.05, 0.1) is 18.8 Å². The first kappa shape index (κ1) is 14.8. The molecule has 0 bridgehead atoms. The number of ether oxygens (including phenoxy) is 2. The maximum atomic E-state index is 11.6. The van der Waals surface area contributed by atoms with Gasteiger partial charge in [-0.15, -0.1) is 0 Å². The van der Waals surface area contributed by atoms with Gasteiger partial charge in [0.1, 0.15) is 0 Å². The third kappa shape index (κ3) is 3.93. The Kier molecular flexibility index (Phi) is 4.51. The molecule has 2 fully saturated rings. The number of likely N-dealkylation sites (tertiary alicyclic amines) is 1. The van der Waals surface area contributed by atoms with Crippen LogP contribution < -0.4 is 0 Å². The van der Waals surface area contributed by atoms with Crippen molar-refractivity contribution in [1.29, 1.82) is 0 Å². The summed E-state index contributed by atoms with van der Waals surface area (Å²) < 4.78 is 10.9. The zero-order chi connectivity index (χ0) is 13.9. The molecule has 0 N–H and O–H groups in total. The second kappa shape index (κ2) is 5.80. The van der Waals surface area contributed by atoms with Crippen molar-refractivity contribution in [1.82, 2.24) is 4.90 Å². The van der Waals surface area contributed by atoms with Crippen LogP contribution in [0.15, 0.2) is 0 Å². The minimum absolute atomic E-state index is 0.0226. The second-order valence-corrected chi connectivity index (χ2v) is 6.65. The first-order valence-electron chi connectivity index (χ1n) is 7.47. The Balaban J connectivity index is 1.94. The number of nitrogens with zero attached hydrogens (tertiary/aromatic N) is 1. The van der Waals surface area contributed by atoms with Crippen LogP contribution in [0.25, 0.3) is 0 Å². The molecule has 0 amide bonds.